The standard InChI is InChI=1S/C30H37FN4O7/c1-29(2,3)33-11-18(12-6-7-12)34-17-10-16(31)14-8-13-9-15-22(35(4)5)25(38)21(28(32)41)27(40)30(15,42)26(39)19(13)24(37)20(14)23(17)36/h10,13,15,22,33-34,36-37,40,42H,6-9,11H2,1-5H3,(H2,32,41)/t13-,15-,22-,30-/m0/s1. The van der Waals surface area contributed by atoms with Crippen LogP contribution in [0.1, 0.15) is 51.2 Å². The first kappa shape index (κ1) is 29.7. The second-order valence-corrected chi connectivity index (χ2v) is 12.9. The lowest BCUT2D eigenvalue weighted by Gasteiger charge is -2.50. The van der Waals surface area contributed by atoms with Gasteiger partial charge in [-0.05, 0) is 72.0 Å². The molecule has 11 nitrogen and oxygen atoms in total. The van der Waals surface area contributed by atoms with Crippen molar-refractivity contribution in [1.82, 2.24) is 10.2 Å². The zero-order chi connectivity index (χ0) is 31.0. The molecule has 12 heteroatoms. The van der Waals surface area contributed by atoms with Crippen LogP contribution in [-0.2, 0) is 20.8 Å². The topological polar surface area (TPSA) is 185 Å². The number of hydrogen-bond acceptors (Lipinski definition) is 10. The number of amides is 1. The number of rotatable bonds is 6. The van der Waals surface area contributed by atoms with Crippen LogP contribution in [-0.4, -0.2) is 80.6 Å². The number of carbonyl (C=O) groups excluding carboxylic acids is 3. The van der Waals surface area contributed by atoms with E-state index in [-0.39, 0.29) is 40.8 Å². The van der Waals surface area contributed by atoms with Crippen LogP contribution in [0.5, 0.6) is 5.75 Å². The maximum Gasteiger partial charge on any atom is 0.255 e. The Kier molecular flexibility index (Phi) is 7.03. The van der Waals surface area contributed by atoms with E-state index < -0.39 is 69.6 Å². The Hall–Kier alpha value is -3.74. The highest BCUT2D eigenvalue weighted by Gasteiger charge is 2.64. The number of fused-ring (bicyclic) bond motifs is 3. The van der Waals surface area contributed by atoms with Crippen molar-refractivity contribution in [2.45, 2.75) is 63.6 Å². The van der Waals surface area contributed by atoms with Gasteiger partial charge in [-0.2, -0.15) is 0 Å². The highest BCUT2D eigenvalue weighted by Crippen LogP contribution is 2.53. The zero-order valence-corrected chi connectivity index (χ0v) is 24.3. The van der Waals surface area contributed by atoms with Gasteiger partial charge in [-0.15, -0.1) is 0 Å². The molecule has 0 spiro atoms. The van der Waals surface area contributed by atoms with Crippen LogP contribution in [0.25, 0.3) is 5.76 Å². The minimum atomic E-state index is -2.75. The molecule has 4 atom stereocenters. The van der Waals surface area contributed by atoms with Gasteiger partial charge < -0.3 is 36.8 Å². The third-order valence-electron chi connectivity index (χ3n) is 8.67. The molecule has 42 heavy (non-hydrogen) atoms. The number of nitrogens with two attached hydrogens (primary N) is 1. The molecule has 0 radical (unpaired) electrons. The minimum absolute atomic E-state index is 0.00324. The summed E-state index contributed by atoms with van der Waals surface area (Å²) in [7, 11) is 3.03. The van der Waals surface area contributed by atoms with Crippen LogP contribution < -0.4 is 16.4 Å². The average molecular weight is 585 g/mol. The summed E-state index contributed by atoms with van der Waals surface area (Å²) in [4.78, 5) is 40.7. The number of nitrogens with zero attached hydrogens (tertiary/aromatic N) is 1. The number of carbonyl (C=O) groups is 3. The number of allylic oxidation sites excluding steroid dienone is 1. The number of phenols is 1. The van der Waals surface area contributed by atoms with Crippen molar-refractivity contribution in [1.29, 1.82) is 0 Å². The predicted molar refractivity (Wildman–Crippen MR) is 152 cm³/mol. The van der Waals surface area contributed by atoms with Crippen LogP contribution >= 0.6 is 0 Å². The lowest BCUT2D eigenvalue weighted by Crippen LogP contribution is -2.65. The number of aliphatic hydroxyl groups is 3. The molecule has 2 saturated carbocycles. The number of aliphatic hydroxyl groups excluding tert-OH is 2. The van der Waals surface area contributed by atoms with Gasteiger partial charge in [0, 0.05) is 40.9 Å². The van der Waals surface area contributed by atoms with Crippen LogP contribution in [0.4, 0.5) is 10.1 Å². The quantitative estimate of drug-likeness (QED) is 0.193. The van der Waals surface area contributed by atoms with Crippen molar-refractivity contribution in [3.05, 3.63) is 51.2 Å². The Balaban J connectivity index is 1.61. The summed E-state index contributed by atoms with van der Waals surface area (Å²) in [6, 6.07) is -0.0589. The number of likely N-dealkylation sites (N-methyl/N-ethyl adjacent to an activating group) is 1. The highest BCUT2D eigenvalue weighted by atomic mass is 19.1. The van der Waals surface area contributed by atoms with Crippen molar-refractivity contribution in [2.75, 3.05) is 26.0 Å². The SMILES string of the molecule is CN(C)[C@@H]1C(=O)C(C(N)=O)=C(O)[C@@]2(O)C(=O)C3=C(O)c4c(O)c(NC(CNC(C)(C)C)=C5CC5)cc(F)c4C[C@H]3C[C@@H]12. The molecule has 2 fully saturated rings. The Morgan fingerprint density at radius 1 is 1.19 bits per heavy atom. The molecule has 0 aromatic heterocycles. The molecule has 4 aliphatic rings. The molecule has 1 aromatic carbocycles. The van der Waals surface area contributed by atoms with E-state index in [2.05, 4.69) is 10.6 Å². The summed E-state index contributed by atoms with van der Waals surface area (Å²) >= 11 is 0. The fourth-order valence-corrected chi connectivity index (χ4v) is 6.50. The van der Waals surface area contributed by atoms with E-state index in [9.17, 15) is 34.8 Å². The van der Waals surface area contributed by atoms with E-state index in [1.807, 2.05) is 20.8 Å². The molecule has 1 amide bonds. The Morgan fingerprint density at radius 3 is 2.38 bits per heavy atom. The second kappa shape index (κ2) is 9.92. The van der Waals surface area contributed by atoms with Crippen molar-refractivity contribution in [3.63, 3.8) is 0 Å². The number of benzene rings is 1. The van der Waals surface area contributed by atoms with E-state index in [1.165, 1.54) is 19.0 Å². The second-order valence-electron chi connectivity index (χ2n) is 12.9. The number of Topliss-reactive ketones (excluding diaryl/α,β-unsaturated/α-hetero) is 2. The normalized spacial score (nSPS) is 27.1. The molecule has 0 unspecified atom stereocenters. The lowest BCUT2D eigenvalue weighted by atomic mass is 9.57. The van der Waals surface area contributed by atoms with E-state index in [4.69, 9.17) is 5.73 Å². The predicted octanol–water partition coefficient (Wildman–Crippen LogP) is 1.95. The average Bonchev–Trinajstić information content (AvgIpc) is 3.71. The Bertz CT molecular complexity index is 1510. The van der Waals surface area contributed by atoms with E-state index >= 15 is 4.39 Å². The molecule has 5 rings (SSSR count). The van der Waals surface area contributed by atoms with Gasteiger partial charge in [0.15, 0.2) is 11.4 Å². The summed E-state index contributed by atoms with van der Waals surface area (Å²) in [5.41, 5.74) is 2.74. The summed E-state index contributed by atoms with van der Waals surface area (Å²) in [6.07, 6.45) is 1.48. The van der Waals surface area contributed by atoms with Crippen LogP contribution in [0, 0.1) is 17.7 Å². The first-order valence-electron chi connectivity index (χ1n) is 13.9. The minimum Gasteiger partial charge on any atom is -0.508 e. The first-order valence-corrected chi connectivity index (χ1v) is 13.9. The largest absolute Gasteiger partial charge is 0.508 e. The van der Waals surface area contributed by atoms with Gasteiger partial charge in [0.1, 0.15) is 28.7 Å². The lowest BCUT2D eigenvalue weighted by molar-refractivity contribution is -0.153. The van der Waals surface area contributed by atoms with Crippen LogP contribution in [0.2, 0.25) is 0 Å². The van der Waals surface area contributed by atoms with Crippen LogP contribution in [0.15, 0.2) is 34.2 Å². The molecular weight excluding hydrogens is 547 g/mol. The van der Waals surface area contributed by atoms with Crippen molar-refractivity contribution < 1.29 is 39.2 Å². The third-order valence-corrected chi connectivity index (χ3v) is 8.67. The summed E-state index contributed by atoms with van der Waals surface area (Å²) < 4.78 is 15.6. The maximum atomic E-state index is 15.6. The van der Waals surface area contributed by atoms with E-state index in [0.29, 0.717) is 6.54 Å². The van der Waals surface area contributed by atoms with E-state index in [0.717, 1.165) is 30.2 Å². The van der Waals surface area contributed by atoms with Gasteiger partial charge in [0.25, 0.3) is 5.91 Å². The molecule has 8 N–H and O–H groups in total. The monoisotopic (exact) mass is 584 g/mol. The zero-order valence-electron chi connectivity index (χ0n) is 24.3. The van der Waals surface area contributed by atoms with Crippen molar-refractivity contribution in [3.8, 4) is 5.75 Å². The van der Waals surface area contributed by atoms with Crippen molar-refractivity contribution in [2.24, 2.45) is 17.6 Å². The fraction of sp³-hybridized carbons (Fsp3) is 0.500. The smallest absolute Gasteiger partial charge is 0.255 e. The number of ketones is 2. The van der Waals surface area contributed by atoms with Gasteiger partial charge >= 0.3 is 0 Å². The number of halogens is 1. The number of primary amides is 1. The van der Waals surface area contributed by atoms with Gasteiger partial charge in [-0.3, -0.25) is 19.3 Å². The van der Waals surface area contributed by atoms with Gasteiger partial charge in [0.05, 0.1) is 17.3 Å². The first-order chi connectivity index (χ1) is 19.5. The van der Waals surface area contributed by atoms with Crippen molar-refractivity contribution >= 4 is 28.9 Å². The third kappa shape index (κ3) is 4.58. The molecule has 1 aromatic rings. The molecule has 226 valence electrons. The number of aromatic hydroxyl groups is 1. The molecule has 0 aliphatic heterocycles. The number of anilines is 1. The summed E-state index contributed by atoms with van der Waals surface area (Å²) in [5.74, 6) is -8.47. The molecule has 0 bridgehead atoms. The van der Waals surface area contributed by atoms with Gasteiger partial charge in [-0.25, -0.2) is 4.39 Å². The van der Waals surface area contributed by atoms with E-state index in [1.54, 1.807) is 0 Å². The molecule has 0 saturated heterocycles. The summed E-state index contributed by atoms with van der Waals surface area (Å²) in [5, 5.41) is 51.8. The maximum absolute atomic E-state index is 15.6. The van der Waals surface area contributed by atoms with Gasteiger partial charge in [0.2, 0.25) is 5.78 Å². The molecule has 0 heterocycles. The molecule has 4 aliphatic carbocycles. The number of phenolic OH excluding ortho intramolecular Hbond substituents is 1. The number of nitrogens with one attached hydrogen (secondary N) is 2. The molecular formula is C30H37FN4O7. The Labute approximate surface area is 242 Å². The van der Waals surface area contributed by atoms with Gasteiger partial charge in [-0.1, -0.05) is 0 Å². The number of hydrogen-bond donors (Lipinski definition) is 7. The fourth-order valence-electron chi connectivity index (χ4n) is 6.50. The summed E-state index contributed by atoms with van der Waals surface area (Å²) in [6.45, 7) is 6.43. The van der Waals surface area contributed by atoms with Crippen LogP contribution in [0.3, 0.4) is 0 Å². The Morgan fingerprint density at radius 2 is 1.83 bits per heavy atom. The highest BCUT2D eigenvalue weighted by molar-refractivity contribution is 6.24.